The third-order valence-electron chi connectivity index (χ3n) is 11.7. The highest BCUT2D eigenvalue weighted by Gasteiger charge is 2.38. The zero-order chi connectivity index (χ0) is 53.7. The minimum atomic E-state index is -1.51. The quantitative estimate of drug-likeness (QED) is 0.0273. The third-order valence-corrected chi connectivity index (χ3v) is 11.7. The van der Waals surface area contributed by atoms with Crippen LogP contribution >= 0.6 is 0 Å². The second-order valence-corrected chi connectivity index (χ2v) is 18.4. The lowest BCUT2D eigenvalue weighted by atomic mass is 9.98. The average molecular weight is 1010 g/mol. The van der Waals surface area contributed by atoms with Gasteiger partial charge in [0.1, 0.15) is 49.9 Å². The number of benzene rings is 2. The van der Waals surface area contributed by atoms with Gasteiger partial charge in [0, 0.05) is 30.1 Å². The largest absolute Gasteiger partial charge is 0.480 e. The summed E-state index contributed by atoms with van der Waals surface area (Å²) in [4.78, 5) is 125. The van der Waals surface area contributed by atoms with Crippen molar-refractivity contribution in [2.24, 2.45) is 29.2 Å². The highest BCUT2D eigenvalue weighted by atomic mass is 16.6. The Kier molecular flexibility index (Phi) is 23.6. The summed E-state index contributed by atoms with van der Waals surface area (Å²) >= 11 is 0. The van der Waals surface area contributed by atoms with E-state index < -0.39 is 109 Å². The van der Waals surface area contributed by atoms with Gasteiger partial charge in [-0.3, -0.25) is 43.8 Å². The van der Waals surface area contributed by atoms with Crippen molar-refractivity contribution >= 4 is 70.3 Å². The van der Waals surface area contributed by atoms with Crippen molar-refractivity contribution in [3.63, 3.8) is 0 Å². The summed E-state index contributed by atoms with van der Waals surface area (Å²) in [6.45, 7) is 9.92. The number of fused-ring (bicyclic) bond motifs is 1. The highest BCUT2D eigenvalue weighted by Crippen LogP contribution is 2.20. The number of nitrogens with two attached hydrogens (primary N) is 2. The van der Waals surface area contributed by atoms with Crippen molar-refractivity contribution < 1.29 is 53.0 Å². The molecule has 7 atom stereocenters. The molecule has 3 rings (SSSR count). The van der Waals surface area contributed by atoms with Gasteiger partial charge in [-0.15, -0.1) is 0 Å². The van der Waals surface area contributed by atoms with Crippen LogP contribution in [0.5, 0.6) is 0 Å². The fourth-order valence-electron chi connectivity index (χ4n) is 7.32. The zero-order valence-corrected chi connectivity index (χ0v) is 42.0. The highest BCUT2D eigenvalue weighted by molar-refractivity contribution is 6.02. The first kappa shape index (κ1) is 58.8. The van der Waals surface area contributed by atoms with E-state index in [1.54, 1.807) is 64.2 Å². The molecule has 0 unspecified atom stereocenters. The summed E-state index contributed by atoms with van der Waals surface area (Å²) in [5.41, 5.74) is 13.4. The Balaban J connectivity index is 1.94. The minimum Gasteiger partial charge on any atom is -0.480 e. The molecular formula is C49H72N12O11. The number of hydrogen-bond acceptors (Lipinski definition) is 12. The predicted molar refractivity (Wildman–Crippen MR) is 267 cm³/mol. The van der Waals surface area contributed by atoms with Crippen molar-refractivity contribution in [1.29, 1.82) is 5.41 Å². The van der Waals surface area contributed by atoms with Crippen LogP contribution < -0.4 is 48.7 Å². The number of aromatic amines is 1. The van der Waals surface area contributed by atoms with Gasteiger partial charge in [0.15, 0.2) is 5.96 Å². The van der Waals surface area contributed by atoms with Gasteiger partial charge < -0.3 is 63.5 Å². The minimum absolute atomic E-state index is 0.0444. The average Bonchev–Trinajstić information content (AvgIpc) is 3.75. The lowest BCUT2D eigenvalue weighted by Crippen LogP contribution is -2.60. The van der Waals surface area contributed by atoms with Gasteiger partial charge in [-0.05, 0) is 61.1 Å². The number of aliphatic carboxylic acids is 1. The molecule has 0 spiro atoms. The number of carboxylic acid groups (broad SMARTS) is 1. The summed E-state index contributed by atoms with van der Waals surface area (Å²) in [6, 6.07) is 8.31. The van der Waals surface area contributed by atoms with Gasteiger partial charge in [0.05, 0.1) is 6.04 Å². The molecule has 0 saturated carbocycles. The van der Waals surface area contributed by atoms with Crippen LogP contribution in [0.25, 0.3) is 10.9 Å². The summed E-state index contributed by atoms with van der Waals surface area (Å²) in [5.74, 6) is -8.65. The van der Waals surface area contributed by atoms with Crippen LogP contribution in [-0.4, -0.2) is 130 Å². The number of carbonyl (C=O) groups excluding carboxylic acids is 8. The maximum atomic E-state index is 14.6. The van der Waals surface area contributed by atoms with Crippen molar-refractivity contribution in [2.75, 3.05) is 19.6 Å². The number of rotatable bonds is 28. The van der Waals surface area contributed by atoms with E-state index in [0.29, 0.717) is 22.4 Å². The topological polar surface area (TPSA) is 362 Å². The number of hydrogen-bond donors (Lipinski definition) is 12. The third kappa shape index (κ3) is 19.0. The van der Waals surface area contributed by atoms with Gasteiger partial charge in [0.25, 0.3) is 5.91 Å². The zero-order valence-electron chi connectivity index (χ0n) is 42.0. The SMILES string of the molecule is CC[C@H](C)[C@H](N)C(=O)N[C@@H](C)C(=O)N[C@@H](Cc1c[nH]c2ccccc12)C(=O)N[C@@H](CC(C)C)C(=O)N[C@H](C(=O)N(CC(=O)N[C@@H](CCCNC(=N)N)C(=O)NCC(=O)O)C(=O)OCc1ccccc1)C(C)C. The van der Waals surface area contributed by atoms with Gasteiger partial charge in [0.2, 0.25) is 35.4 Å². The number of nitrogens with zero attached hydrogens (tertiary/aromatic N) is 1. The molecule has 3 aromatic rings. The number of guanidine groups is 1. The number of nitrogens with one attached hydrogen (secondary N) is 9. The molecule has 0 aliphatic heterocycles. The standard InChI is InChI=1S/C49H72N12O11/c1-8-29(6)40(50)46(69)56-30(7)42(65)58-37(22-32-23-54-34-18-13-12-17-33(32)34)44(67)59-36(21-27(2)3)45(68)60-41(28(4)5)47(70)61(49(71)72-26-31-15-10-9-11-16-31)25-38(62)57-35(19-14-20-53-48(51)52)43(66)55-24-39(63)64/h9-13,15-18,23,27-30,35-37,40-41,54H,8,14,19-22,24-26,50H2,1-7H3,(H,55,66)(H,56,69)(H,57,62)(H,58,65)(H,59,67)(H,60,68)(H,63,64)(H4,51,52,53)/t29-,30-,35-,36-,37-,40-,41-/m0/s1. The van der Waals surface area contributed by atoms with E-state index in [2.05, 4.69) is 42.2 Å². The van der Waals surface area contributed by atoms with Crippen LogP contribution in [0.3, 0.4) is 0 Å². The first-order valence-electron chi connectivity index (χ1n) is 23.9. The van der Waals surface area contributed by atoms with Crippen molar-refractivity contribution in [3.8, 4) is 0 Å². The number of carboxylic acids is 1. The van der Waals surface area contributed by atoms with Gasteiger partial charge in [-0.2, -0.15) is 0 Å². The summed E-state index contributed by atoms with van der Waals surface area (Å²) < 4.78 is 5.48. The molecule has 72 heavy (non-hydrogen) atoms. The number of carbonyl (C=O) groups is 9. The Morgan fingerprint density at radius 1 is 0.764 bits per heavy atom. The van der Waals surface area contributed by atoms with E-state index in [-0.39, 0.29) is 56.6 Å². The monoisotopic (exact) mass is 1000 g/mol. The number of amides is 8. The van der Waals surface area contributed by atoms with Crippen LogP contribution in [-0.2, 0) is 56.1 Å². The number of H-pyrrole nitrogens is 1. The molecule has 2 aromatic carbocycles. The first-order valence-corrected chi connectivity index (χ1v) is 23.9. The molecule has 23 nitrogen and oxygen atoms in total. The number of imide groups is 1. The smallest absolute Gasteiger partial charge is 0.417 e. The van der Waals surface area contributed by atoms with Crippen molar-refractivity contribution in [2.45, 2.75) is 123 Å². The summed E-state index contributed by atoms with van der Waals surface area (Å²) in [6.07, 6.45) is 1.15. The van der Waals surface area contributed by atoms with E-state index in [1.807, 2.05) is 38.1 Å². The molecule has 0 bridgehead atoms. The second kappa shape index (κ2) is 28.9. The Morgan fingerprint density at radius 2 is 1.40 bits per heavy atom. The molecule has 1 heterocycles. The normalized spacial score (nSPS) is 14.0. The molecule has 0 fully saturated rings. The predicted octanol–water partition coefficient (Wildman–Crippen LogP) is 0.859. The molecule has 0 aliphatic carbocycles. The summed E-state index contributed by atoms with van der Waals surface area (Å²) in [5, 5.41) is 35.2. The fraction of sp³-hybridized carbons (Fsp3) is 0.510. The Morgan fingerprint density at radius 3 is 2.03 bits per heavy atom. The summed E-state index contributed by atoms with van der Waals surface area (Å²) in [7, 11) is 0. The van der Waals surface area contributed by atoms with Crippen LogP contribution in [0.4, 0.5) is 4.79 Å². The maximum absolute atomic E-state index is 14.6. The van der Waals surface area contributed by atoms with Crippen LogP contribution in [0.15, 0.2) is 60.8 Å². The number of aromatic nitrogens is 1. The van der Waals surface area contributed by atoms with Crippen LogP contribution in [0, 0.1) is 23.2 Å². The lowest BCUT2D eigenvalue weighted by molar-refractivity contribution is -0.141. The maximum Gasteiger partial charge on any atom is 0.417 e. The van der Waals surface area contributed by atoms with Crippen molar-refractivity contribution in [3.05, 3.63) is 71.9 Å². The molecule has 14 N–H and O–H groups in total. The lowest BCUT2D eigenvalue weighted by Gasteiger charge is -2.30. The van der Waals surface area contributed by atoms with E-state index >= 15 is 0 Å². The van der Waals surface area contributed by atoms with E-state index in [0.717, 1.165) is 10.9 Å². The number of para-hydroxylation sites is 1. The first-order chi connectivity index (χ1) is 34.0. The fourth-order valence-corrected chi connectivity index (χ4v) is 7.32. The number of ether oxygens (including phenoxy) is 1. The van der Waals surface area contributed by atoms with Crippen LogP contribution in [0.1, 0.15) is 85.3 Å². The molecule has 0 radical (unpaired) electrons. The van der Waals surface area contributed by atoms with E-state index in [4.69, 9.17) is 26.7 Å². The molecule has 0 aliphatic rings. The molecule has 1 aromatic heterocycles. The van der Waals surface area contributed by atoms with Crippen LogP contribution in [0.2, 0.25) is 0 Å². The van der Waals surface area contributed by atoms with E-state index in [1.165, 1.54) is 6.92 Å². The van der Waals surface area contributed by atoms with Gasteiger partial charge >= 0.3 is 12.1 Å². The van der Waals surface area contributed by atoms with Gasteiger partial charge in [-0.25, -0.2) is 9.69 Å². The molecular weight excluding hydrogens is 933 g/mol. The Bertz CT molecular complexity index is 2360. The molecule has 8 amide bonds. The van der Waals surface area contributed by atoms with E-state index in [9.17, 15) is 43.2 Å². The van der Waals surface area contributed by atoms with Crippen molar-refractivity contribution in [1.82, 2.24) is 47.1 Å². The molecule has 394 valence electrons. The molecule has 0 saturated heterocycles. The van der Waals surface area contributed by atoms with Gasteiger partial charge in [-0.1, -0.05) is 96.5 Å². The second-order valence-electron chi connectivity index (χ2n) is 18.4. The molecule has 23 heteroatoms. The Hall–Kier alpha value is -7.56. The Labute approximate surface area is 418 Å².